The van der Waals surface area contributed by atoms with E-state index in [4.69, 9.17) is 9.47 Å². The average molecular weight is 419 g/mol. The van der Waals surface area contributed by atoms with E-state index in [2.05, 4.69) is 15.5 Å². The van der Waals surface area contributed by atoms with Crippen molar-refractivity contribution < 1.29 is 27.8 Å². The van der Waals surface area contributed by atoms with Crippen LogP contribution < -0.4 is 15.4 Å². The molecule has 30 heavy (non-hydrogen) atoms. The number of nitrogens with zero attached hydrogens (tertiary/aromatic N) is 1. The monoisotopic (exact) mass is 419 g/mol. The molecule has 7 nitrogen and oxygen atoms in total. The first kappa shape index (κ1) is 21.7. The van der Waals surface area contributed by atoms with E-state index in [0.717, 1.165) is 23.8 Å². The highest BCUT2D eigenvalue weighted by atomic mass is 19.1. The summed E-state index contributed by atoms with van der Waals surface area (Å²) in [7, 11) is 1.58. The first-order valence-electron chi connectivity index (χ1n) is 9.48. The molecule has 2 aromatic rings. The van der Waals surface area contributed by atoms with E-state index in [1.807, 2.05) is 24.3 Å². The molecule has 3 rings (SSSR count). The minimum atomic E-state index is -1.07. The predicted octanol–water partition coefficient (Wildman–Crippen LogP) is 2.10. The Morgan fingerprint density at radius 3 is 2.47 bits per heavy atom. The number of nitrogens with one attached hydrogen (secondary N) is 2. The summed E-state index contributed by atoms with van der Waals surface area (Å²) in [5.74, 6) is -2.86. The summed E-state index contributed by atoms with van der Waals surface area (Å²) in [5, 5.41) is 4.67. The Morgan fingerprint density at radius 2 is 1.80 bits per heavy atom. The zero-order valence-corrected chi connectivity index (χ0v) is 16.5. The minimum absolute atomic E-state index is 0.157. The van der Waals surface area contributed by atoms with E-state index < -0.39 is 29.1 Å². The van der Waals surface area contributed by atoms with Gasteiger partial charge in [0, 0.05) is 25.7 Å². The second-order valence-corrected chi connectivity index (χ2v) is 6.73. The number of hydrogen-bond donors (Lipinski definition) is 2. The number of carbonyl (C=O) groups is 2. The van der Waals surface area contributed by atoms with Crippen molar-refractivity contribution in [3.63, 3.8) is 0 Å². The van der Waals surface area contributed by atoms with Crippen molar-refractivity contribution in [2.24, 2.45) is 0 Å². The van der Waals surface area contributed by atoms with Crippen LogP contribution in [0.2, 0.25) is 0 Å². The van der Waals surface area contributed by atoms with Crippen LogP contribution in [0.4, 0.5) is 14.5 Å². The summed E-state index contributed by atoms with van der Waals surface area (Å²) >= 11 is 0. The lowest BCUT2D eigenvalue weighted by Crippen LogP contribution is -2.45. The first-order valence-corrected chi connectivity index (χ1v) is 9.48. The molecule has 0 unspecified atom stereocenters. The van der Waals surface area contributed by atoms with Gasteiger partial charge in [-0.1, -0.05) is 12.1 Å². The van der Waals surface area contributed by atoms with Gasteiger partial charge in [-0.15, -0.1) is 0 Å². The van der Waals surface area contributed by atoms with Crippen LogP contribution >= 0.6 is 0 Å². The molecular weight excluding hydrogens is 396 g/mol. The molecule has 0 aliphatic carbocycles. The van der Waals surface area contributed by atoms with Gasteiger partial charge in [-0.05, 0) is 29.8 Å². The molecule has 1 saturated heterocycles. The number of amides is 2. The van der Waals surface area contributed by atoms with Gasteiger partial charge < -0.3 is 20.1 Å². The van der Waals surface area contributed by atoms with E-state index in [1.54, 1.807) is 7.11 Å². The third-order valence-electron chi connectivity index (χ3n) is 4.83. The van der Waals surface area contributed by atoms with Crippen molar-refractivity contribution in [3.8, 4) is 5.75 Å². The molecular formula is C21H23F2N3O4. The lowest BCUT2D eigenvalue weighted by molar-refractivity contribution is -0.136. The number of rotatable bonds is 6. The van der Waals surface area contributed by atoms with Crippen LogP contribution in [0.25, 0.3) is 0 Å². The Bertz CT molecular complexity index is 886. The summed E-state index contributed by atoms with van der Waals surface area (Å²) in [6.45, 7) is 2.64. The van der Waals surface area contributed by atoms with E-state index in [0.29, 0.717) is 32.1 Å². The van der Waals surface area contributed by atoms with Crippen molar-refractivity contribution in [1.82, 2.24) is 10.2 Å². The molecule has 1 heterocycles. The second-order valence-electron chi connectivity index (χ2n) is 6.73. The molecule has 0 spiro atoms. The number of methoxy groups -OCH3 is 1. The molecule has 1 aliphatic rings. The average Bonchev–Trinajstić information content (AvgIpc) is 2.77. The predicted molar refractivity (Wildman–Crippen MR) is 106 cm³/mol. The highest BCUT2D eigenvalue weighted by Gasteiger charge is 2.25. The highest BCUT2D eigenvalue weighted by Crippen LogP contribution is 2.23. The SMILES string of the molecule is COc1ccc([C@H](CNC(=O)C(=O)Nc2cc(F)ccc2F)N2CCOCC2)cc1. The van der Waals surface area contributed by atoms with Crippen LogP contribution in [0.5, 0.6) is 5.75 Å². The summed E-state index contributed by atoms with van der Waals surface area (Å²) in [4.78, 5) is 26.5. The van der Waals surface area contributed by atoms with Crippen molar-refractivity contribution in [2.75, 3.05) is 45.3 Å². The third kappa shape index (κ3) is 5.52. The van der Waals surface area contributed by atoms with Crippen molar-refractivity contribution in [1.29, 1.82) is 0 Å². The standard InChI is InChI=1S/C21H23F2N3O4/c1-29-16-5-2-14(3-6-16)19(26-8-10-30-11-9-26)13-24-20(27)21(28)25-18-12-15(22)4-7-17(18)23/h2-7,12,19H,8-11,13H2,1H3,(H,24,27)(H,25,28)/t19-/m0/s1. The number of carbonyl (C=O) groups excluding carboxylic acids is 2. The van der Waals surface area contributed by atoms with Gasteiger partial charge in [-0.2, -0.15) is 0 Å². The molecule has 0 bridgehead atoms. The Balaban J connectivity index is 1.66. The minimum Gasteiger partial charge on any atom is -0.497 e. The van der Waals surface area contributed by atoms with Gasteiger partial charge >= 0.3 is 11.8 Å². The Labute approximate surface area is 173 Å². The smallest absolute Gasteiger partial charge is 0.313 e. The molecule has 1 fully saturated rings. The normalized spacial score (nSPS) is 15.3. The van der Waals surface area contributed by atoms with Crippen LogP contribution in [0.1, 0.15) is 11.6 Å². The van der Waals surface area contributed by atoms with Gasteiger partial charge in [0.1, 0.15) is 17.4 Å². The molecule has 1 atom stereocenters. The molecule has 1 aliphatic heterocycles. The lowest BCUT2D eigenvalue weighted by atomic mass is 10.0. The molecule has 2 N–H and O–H groups in total. The van der Waals surface area contributed by atoms with Crippen LogP contribution in [0.3, 0.4) is 0 Å². The third-order valence-corrected chi connectivity index (χ3v) is 4.83. The van der Waals surface area contributed by atoms with Gasteiger partial charge in [0.05, 0.1) is 32.1 Å². The molecule has 0 radical (unpaired) electrons. The maximum Gasteiger partial charge on any atom is 0.313 e. The molecule has 2 aromatic carbocycles. The summed E-state index contributed by atoms with van der Waals surface area (Å²) in [5.41, 5.74) is 0.546. The molecule has 160 valence electrons. The zero-order valence-electron chi connectivity index (χ0n) is 16.5. The number of halogens is 2. The fourth-order valence-corrected chi connectivity index (χ4v) is 3.21. The fraction of sp³-hybridized carbons (Fsp3) is 0.333. The Morgan fingerprint density at radius 1 is 1.10 bits per heavy atom. The van der Waals surface area contributed by atoms with E-state index in [1.165, 1.54) is 0 Å². The first-order chi connectivity index (χ1) is 14.5. The zero-order chi connectivity index (χ0) is 21.5. The number of morpholine rings is 1. The van der Waals surface area contributed by atoms with Crippen molar-refractivity contribution in [2.45, 2.75) is 6.04 Å². The number of anilines is 1. The summed E-state index contributed by atoms with van der Waals surface area (Å²) < 4.78 is 37.5. The highest BCUT2D eigenvalue weighted by molar-refractivity contribution is 6.39. The topological polar surface area (TPSA) is 79.9 Å². The quantitative estimate of drug-likeness (QED) is 0.701. The Kier molecular flexibility index (Phi) is 7.31. The van der Waals surface area contributed by atoms with E-state index in [9.17, 15) is 18.4 Å². The lowest BCUT2D eigenvalue weighted by Gasteiger charge is -2.34. The van der Waals surface area contributed by atoms with Gasteiger partial charge in [0.2, 0.25) is 0 Å². The van der Waals surface area contributed by atoms with Crippen LogP contribution in [-0.4, -0.2) is 56.7 Å². The summed E-state index contributed by atoms with van der Waals surface area (Å²) in [6, 6.07) is 9.86. The number of ether oxygens (including phenoxy) is 2. The maximum atomic E-state index is 13.7. The van der Waals surface area contributed by atoms with Gasteiger partial charge in [-0.25, -0.2) is 8.78 Å². The largest absolute Gasteiger partial charge is 0.497 e. The van der Waals surface area contributed by atoms with Gasteiger partial charge in [-0.3, -0.25) is 14.5 Å². The maximum absolute atomic E-state index is 13.7. The van der Waals surface area contributed by atoms with Crippen LogP contribution in [0.15, 0.2) is 42.5 Å². The fourth-order valence-electron chi connectivity index (χ4n) is 3.21. The molecule has 9 heteroatoms. The van der Waals surface area contributed by atoms with Crippen molar-refractivity contribution >= 4 is 17.5 Å². The summed E-state index contributed by atoms with van der Waals surface area (Å²) in [6.07, 6.45) is 0. The van der Waals surface area contributed by atoms with E-state index in [-0.39, 0.29) is 12.6 Å². The Hall–Kier alpha value is -3.04. The van der Waals surface area contributed by atoms with Crippen molar-refractivity contribution in [3.05, 3.63) is 59.7 Å². The van der Waals surface area contributed by atoms with Gasteiger partial charge in [0.15, 0.2) is 0 Å². The van der Waals surface area contributed by atoms with Crippen LogP contribution in [-0.2, 0) is 14.3 Å². The van der Waals surface area contributed by atoms with Crippen LogP contribution in [0, 0.1) is 11.6 Å². The number of hydrogen-bond acceptors (Lipinski definition) is 5. The molecule has 0 saturated carbocycles. The van der Waals surface area contributed by atoms with Gasteiger partial charge in [0.25, 0.3) is 0 Å². The second kappa shape index (κ2) is 10.1. The van der Waals surface area contributed by atoms with E-state index >= 15 is 0 Å². The molecule has 0 aromatic heterocycles. The molecule has 2 amide bonds. The number of benzene rings is 2.